The zero-order valence-electron chi connectivity index (χ0n) is 32.7. The summed E-state index contributed by atoms with van der Waals surface area (Å²) in [4.78, 5) is 17.7. The van der Waals surface area contributed by atoms with Gasteiger partial charge in [-0.05, 0) is 75.1 Å². The van der Waals surface area contributed by atoms with Crippen LogP contribution >= 0.6 is 11.3 Å². The second kappa shape index (κ2) is 14.1. The number of aromatic nitrogens is 3. The lowest BCUT2D eigenvalue weighted by Crippen LogP contribution is -2.58. The topological polar surface area (TPSA) is 41.9 Å². The number of para-hydroxylation sites is 1. The Bertz CT molecular complexity index is 3140. The monoisotopic (exact) mass is 790 g/mol. The van der Waals surface area contributed by atoms with E-state index in [1.165, 1.54) is 69.9 Å². The quantitative estimate of drug-likeness (QED) is 0.157. The maximum Gasteiger partial charge on any atom is 0.164 e. The van der Waals surface area contributed by atoms with E-state index < -0.39 is 8.07 Å². The lowest BCUT2D eigenvalue weighted by molar-refractivity contribution is 1.08. The summed E-state index contributed by atoms with van der Waals surface area (Å²) in [6.07, 6.45) is 0. The summed E-state index contributed by atoms with van der Waals surface area (Å²) in [5, 5.41) is 5.26. The lowest BCUT2D eigenvalue weighted by Gasteiger charge is -2.41. The first-order valence-electron chi connectivity index (χ1n) is 20.0. The van der Waals surface area contributed by atoms with Crippen LogP contribution in [0.1, 0.15) is 0 Å². The van der Waals surface area contributed by atoms with Crippen LogP contribution in [0.25, 0.3) is 76.6 Å². The van der Waals surface area contributed by atoms with Gasteiger partial charge in [-0.3, -0.25) is 0 Å². The van der Waals surface area contributed by atoms with E-state index in [1.54, 1.807) is 0 Å². The summed E-state index contributed by atoms with van der Waals surface area (Å²) in [7, 11) is -2.11. The highest BCUT2D eigenvalue weighted by molar-refractivity contribution is 7.26. The van der Waals surface area contributed by atoms with Crippen LogP contribution in [-0.2, 0) is 0 Å². The number of fused-ring (bicyclic) bond motifs is 5. The first kappa shape index (κ1) is 35.2. The molecule has 0 fully saturated rings. The lowest BCUT2D eigenvalue weighted by atomic mass is 9.99. The maximum absolute atomic E-state index is 5.14. The number of benzene rings is 8. The van der Waals surface area contributed by atoms with Crippen LogP contribution in [0.2, 0.25) is 13.1 Å². The van der Waals surface area contributed by atoms with Crippen molar-refractivity contribution in [3.05, 3.63) is 194 Å². The molecule has 0 N–H and O–H groups in total. The summed E-state index contributed by atoms with van der Waals surface area (Å²) in [5.74, 6) is 2.00. The Morgan fingerprint density at radius 3 is 1.69 bits per heavy atom. The molecular weight excluding hydrogens is 753 g/mol. The number of nitrogens with zero attached hydrogens (tertiary/aromatic N) is 4. The van der Waals surface area contributed by atoms with Crippen molar-refractivity contribution in [2.45, 2.75) is 13.1 Å². The van der Waals surface area contributed by atoms with Crippen LogP contribution < -0.4 is 15.3 Å². The minimum absolute atomic E-state index is 0.662. The van der Waals surface area contributed by atoms with Crippen molar-refractivity contribution >= 4 is 67.0 Å². The van der Waals surface area contributed by atoms with Gasteiger partial charge < -0.3 is 4.90 Å². The standard InChI is InChI=1S/C53H38N4SSi/c1-59(2)48-27-13-12-25-44(48)57(41-23-14-22-38(32-41)35-16-6-3-7-17-35)45-30-28-40(34-49(45)59)39-29-31-46-43(33-39)50-42(24-15-26-47(50)58-46)53-55-51(36-18-8-4-9-19-36)54-52(56-53)37-20-10-5-11-21-37/h3-34H,1-2H3. The average Bonchev–Trinajstić information content (AvgIpc) is 3.68. The SMILES string of the molecule is C[Si]1(C)c2ccccc2N(c2cccc(-c3ccccc3)c2)c2ccc(-c3ccc4sc5cccc(-c6nc(-c7ccccc7)nc(-c7ccccc7)n6)c5c4c3)cc21. The molecule has 4 nitrogen and oxygen atoms in total. The second-order valence-electron chi connectivity index (χ2n) is 15.7. The minimum Gasteiger partial charge on any atom is -0.311 e. The Hall–Kier alpha value is -6.99. The van der Waals surface area contributed by atoms with Gasteiger partial charge in [0.05, 0.1) is 0 Å². The molecule has 0 amide bonds. The first-order chi connectivity index (χ1) is 29.0. The van der Waals surface area contributed by atoms with Crippen molar-refractivity contribution in [1.29, 1.82) is 0 Å². The van der Waals surface area contributed by atoms with Gasteiger partial charge in [-0.2, -0.15) is 0 Å². The molecule has 0 saturated heterocycles. The fourth-order valence-electron chi connectivity index (χ4n) is 8.74. The third-order valence-electron chi connectivity index (χ3n) is 11.7. The predicted molar refractivity (Wildman–Crippen MR) is 251 cm³/mol. The first-order valence-corrected chi connectivity index (χ1v) is 23.8. The molecular formula is C53H38N4SSi. The van der Waals surface area contributed by atoms with Gasteiger partial charge in [-0.15, -0.1) is 11.3 Å². The largest absolute Gasteiger partial charge is 0.311 e. The van der Waals surface area contributed by atoms with E-state index >= 15 is 0 Å². The van der Waals surface area contributed by atoms with E-state index in [9.17, 15) is 0 Å². The molecule has 280 valence electrons. The second-order valence-corrected chi connectivity index (χ2v) is 21.1. The number of rotatable bonds is 6. The molecule has 59 heavy (non-hydrogen) atoms. The Morgan fingerprint density at radius 2 is 0.966 bits per heavy atom. The van der Waals surface area contributed by atoms with Gasteiger partial charge in [0.25, 0.3) is 0 Å². The number of anilines is 3. The van der Waals surface area contributed by atoms with Gasteiger partial charge in [0.1, 0.15) is 8.07 Å². The highest BCUT2D eigenvalue weighted by atomic mass is 32.1. The number of hydrogen-bond acceptors (Lipinski definition) is 5. The number of thiophene rings is 1. The zero-order chi connectivity index (χ0) is 39.5. The average molecular weight is 791 g/mol. The third kappa shape index (κ3) is 6.07. The summed E-state index contributed by atoms with van der Waals surface area (Å²) in [6.45, 7) is 4.99. The summed E-state index contributed by atoms with van der Waals surface area (Å²) in [6, 6.07) is 69.6. The van der Waals surface area contributed by atoms with E-state index in [1.807, 2.05) is 47.7 Å². The smallest absolute Gasteiger partial charge is 0.164 e. The normalized spacial score (nSPS) is 13.0. The Labute approximate surface area is 348 Å². The van der Waals surface area contributed by atoms with Crippen molar-refractivity contribution in [3.63, 3.8) is 0 Å². The molecule has 1 aliphatic rings. The molecule has 0 saturated carbocycles. The number of hydrogen-bond donors (Lipinski definition) is 0. The third-order valence-corrected chi connectivity index (χ3v) is 16.4. The fraction of sp³-hybridized carbons (Fsp3) is 0.0377. The van der Waals surface area contributed by atoms with Gasteiger partial charge in [0.15, 0.2) is 17.5 Å². The molecule has 2 aromatic heterocycles. The molecule has 0 aliphatic carbocycles. The van der Waals surface area contributed by atoms with E-state index in [4.69, 9.17) is 15.0 Å². The van der Waals surface area contributed by atoms with Crippen molar-refractivity contribution in [1.82, 2.24) is 15.0 Å². The van der Waals surface area contributed by atoms with Crippen LogP contribution in [0.15, 0.2) is 194 Å². The van der Waals surface area contributed by atoms with Gasteiger partial charge in [-0.1, -0.05) is 165 Å². The molecule has 3 heterocycles. The highest BCUT2D eigenvalue weighted by Gasteiger charge is 2.38. The molecule has 0 atom stereocenters. The predicted octanol–water partition coefficient (Wildman–Crippen LogP) is 13.2. The van der Waals surface area contributed by atoms with E-state index in [0.29, 0.717) is 17.5 Å². The van der Waals surface area contributed by atoms with E-state index in [2.05, 4.69) is 176 Å². The Balaban J connectivity index is 1.06. The molecule has 10 aromatic rings. The van der Waals surface area contributed by atoms with Crippen molar-refractivity contribution in [2.24, 2.45) is 0 Å². The maximum atomic E-state index is 5.14. The summed E-state index contributed by atoms with van der Waals surface area (Å²) in [5.41, 5.74) is 11.5. The van der Waals surface area contributed by atoms with Gasteiger partial charge in [0, 0.05) is 53.9 Å². The van der Waals surface area contributed by atoms with E-state index in [-0.39, 0.29) is 0 Å². The molecule has 0 bridgehead atoms. The van der Waals surface area contributed by atoms with Crippen LogP contribution in [0, 0.1) is 0 Å². The van der Waals surface area contributed by atoms with Crippen LogP contribution in [-0.4, -0.2) is 23.0 Å². The van der Waals surface area contributed by atoms with E-state index in [0.717, 1.165) is 16.7 Å². The molecule has 6 heteroatoms. The minimum atomic E-state index is -2.11. The molecule has 0 spiro atoms. The highest BCUT2D eigenvalue weighted by Crippen LogP contribution is 2.43. The van der Waals surface area contributed by atoms with Crippen LogP contribution in [0.4, 0.5) is 17.1 Å². The molecule has 8 aromatic carbocycles. The van der Waals surface area contributed by atoms with Crippen LogP contribution in [0.3, 0.4) is 0 Å². The van der Waals surface area contributed by atoms with Crippen molar-refractivity contribution in [3.8, 4) is 56.4 Å². The molecule has 1 aliphatic heterocycles. The van der Waals surface area contributed by atoms with Crippen molar-refractivity contribution in [2.75, 3.05) is 4.90 Å². The van der Waals surface area contributed by atoms with Gasteiger partial charge in [-0.25, -0.2) is 15.0 Å². The Morgan fingerprint density at radius 1 is 0.407 bits per heavy atom. The Kier molecular flexibility index (Phi) is 8.43. The van der Waals surface area contributed by atoms with Gasteiger partial charge >= 0.3 is 0 Å². The van der Waals surface area contributed by atoms with Crippen molar-refractivity contribution < 1.29 is 0 Å². The zero-order valence-corrected chi connectivity index (χ0v) is 34.5. The summed E-state index contributed by atoms with van der Waals surface area (Å²) < 4.78 is 2.45. The fourth-order valence-corrected chi connectivity index (χ4v) is 12.8. The molecule has 11 rings (SSSR count). The van der Waals surface area contributed by atoms with Gasteiger partial charge in [0.2, 0.25) is 0 Å². The molecule has 0 unspecified atom stereocenters. The molecule has 0 radical (unpaired) electrons. The summed E-state index contributed by atoms with van der Waals surface area (Å²) >= 11 is 1.82. The van der Waals surface area contributed by atoms with Crippen LogP contribution in [0.5, 0.6) is 0 Å².